The van der Waals surface area contributed by atoms with Crippen molar-refractivity contribution >= 4 is 17.2 Å². The minimum Gasteiger partial charge on any atom is -0.486 e. The molecule has 1 amide bonds. The van der Waals surface area contributed by atoms with E-state index in [0.717, 1.165) is 47.9 Å². The normalized spacial score (nSPS) is 20.7. The van der Waals surface area contributed by atoms with Gasteiger partial charge in [-0.05, 0) is 49.8 Å². The second kappa shape index (κ2) is 11.5. The number of ether oxygens (including phenoxy) is 2. The van der Waals surface area contributed by atoms with Gasteiger partial charge in [0.15, 0.2) is 5.01 Å². The van der Waals surface area contributed by atoms with Crippen molar-refractivity contribution in [2.45, 2.75) is 50.5 Å². The van der Waals surface area contributed by atoms with Crippen molar-refractivity contribution in [2.75, 3.05) is 33.3 Å². The fourth-order valence-electron chi connectivity index (χ4n) is 6.23. The highest BCUT2D eigenvalue weighted by molar-refractivity contribution is 7.11. The number of rotatable bonds is 7. The third-order valence-corrected chi connectivity index (χ3v) is 9.15. The van der Waals surface area contributed by atoms with E-state index in [9.17, 15) is 18.0 Å². The number of aryl methyl sites for hydroxylation is 1. The van der Waals surface area contributed by atoms with E-state index in [2.05, 4.69) is 21.6 Å². The molecule has 2 aromatic carbocycles. The monoisotopic (exact) mass is 574 g/mol. The van der Waals surface area contributed by atoms with Crippen molar-refractivity contribution in [1.29, 1.82) is 0 Å². The lowest BCUT2D eigenvalue weighted by Crippen LogP contribution is -2.59. The zero-order chi connectivity index (χ0) is 28.4. The molecule has 2 fully saturated rings. The van der Waals surface area contributed by atoms with Crippen LogP contribution in [0.5, 0.6) is 5.75 Å². The van der Waals surface area contributed by atoms with Crippen LogP contribution in [0.4, 0.5) is 13.2 Å². The number of nitrogens with zero attached hydrogens (tertiary/aromatic N) is 3. The Bertz CT molecular complexity index is 1310. The van der Waals surface area contributed by atoms with Crippen LogP contribution in [0.3, 0.4) is 0 Å². The molecule has 11 heteroatoms. The molecule has 1 unspecified atom stereocenters. The third-order valence-electron chi connectivity index (χ3n) is 8.33. The first-order valence-corrected chi connectivity index (χ1v) is 14.2. The number of nitrogens with one attached hydrogen (secondary N) is 1. The van der Waals surface area contributed by atoms with Crippen LogP contribution in [0.1, 0.15) is 46.3 Å². The molecule has 2 aliphatic heterocycles. The van der Waals surface area contributed by atoms with Gasteiger partial charge in [-0.25, -0.2) is 0 Å². The van der Waals surface area contributed by atoms with Gasteiger partial charge in [0.05, 0.1) is 0 Å². The summed E-state index contributed by atoms with van der Waals surface area (Å²) in [5.41, 5.74) is -2.38. The molecule has 214 valence electrons. The van der Waals surface area contributed by atoms with E-state index in [1.165, 1.54) is 40.5 Å². The number of amides is 1. The van der Waals surface area contributed by atoms with Crippen LogP contribution in [-0.4, -0.2) is 60.5 Å². The van der Waals surface area contributed by atoms with Crippen molar-refractivity contribution in [3.05, 3.63) is 75.7 Å². The van der Waals surface area contributed by atoms with Crippen molar-refractivity contribution in [1.82, 2.24) is 20.4 Å². The average molecular weight is 575 g/mol. The summed E-state index contributed by atoms with van der Waals surface area (Å²) in [6.45, 7) is 4.18. The van der Waals surface area contributed by atoms with Crippen molar-refractivity contribution in [3.63, 3.8) is 0 Å². The Morgan fingerprint density at radius 3 is 2.42 bits per heavy atom. The van der Waals surface area contributed by atoms with Gasteiger partial charge in [-0.2, -0.15) is 13.2 Å². The quantitative estimate of drug-likeness (QED) is 0.417. The average Bonchev–Trinajstić information content (AvgIpc) is 3.38. The van der Waals surface area contributed by atoms with Crippen LogP contribution in [0.25, 0.3) is 0 Å². The molecular formula is C29H33F3N4O3S. The molecule has 1 N–H and O–H groups in total. The van der Waals surface area contributed by atoms with E-state index < -0.39 is 17.7 Å². The molecule has 40 heavy (non-hydrogen) atoms. The van der Waals surface area contributed by atoms with Crippen LogP contribution < -0.4 is 10.1 Å². The molecule has 5 rings (SSSR count). The molecule has 0 aliphatic carbocycles. The molecule has 2 aliphatic rings. The van der Waals surface area contributed by atoms with Gasteiger partial charge in [0.1, 0.15) is 17.4 Å². The first-order chi connectivity index (χ1) is 19.2. The highest BCUT2D eigenvalue weighted by atomic mass is 32.1. The summed E-state index contributed by atoms with van der Waals surface area (Å²) in [4.78, 5) is 15.0. The van der Waals surface area contributed by atoms with E-state index in [1.54, 1.807) is 6.07 Å². The van der Waals surface area contributed by atoms with Gasteiger partial charge >= 0.3 is 6.18 Å². The Morgan fingerprint density at radius 1 is 1.07 bits per heavy atom. The first-order valence-electron chi connectivity index (χ1n) is 13.4. The van der Waals surface area contributed by atoms with E-state index in [-0.39, 0.29) is 30.0 Å². The fourth-order valence-corrected chi connectivity index (χ4v) is 6.85. The largest absolute Gasteiger partial charge is 0.486 e. The number of aromatic nitrogens is 2. The summed E-state index contributed by atoms with van der Waals surface area (Å²) in [5, 5.41) is 13.4. The first kappa shape index (κ1) is 28.5. The summed E-state index contributed by atoms with van der Waals surface area (Å²) in [7, 11) is 0.951. The zero-order valence-electron chi connectivity index (χ0n) is 22.5. The second-order valence-electron chi connectivity index (χ2n) is 10.5. The minimum atomic E-state index is -4.92. The molecule has 1 aromatic heterocycles. The number of hydrogen-bond donors (Lipinski definition) is 1. The molecule has 7 nitrogen and oxygen atoms in total. The molecule has 0 radical (unpaired) electrons. The Labute approximate surface area is 235 Å². The summed E-state index contributed by atoms with van der Waals surface area (Å²) >= 11 is 1.49. The Hall–Kier alpha value is -3.02. The van der Waals surface area contributed by atoms with Crippen molar-refractivity contribution in [2.24, 2.45) is 5.41 Å². The maximum Gasteiger partial charge on any atom is 0.430 e. The van der Waals surface area contributed by atoms with E-state index in [0.29, 0.717) is 19.4 Å². The summed E-state index contributed by atoms with van der Waals surface area (Å²) in [5.74, 6) is -0.221. The SMILES string of the molecule is CO[C@@](C(=O)N1CCC2(CCNCC2c2ccccc2OCc2nnc(C)s2)CC1)(c1ccccc1)C(F)(F)F. The molecule has 3 heterocycles. The molecule has 0 bridgehead atoms. The van der Waals surface area contributed by atoms with Crippen LogP contribution in [0, 0.1) is 12.3 Å². The van der Waals surface area contributed by atoms with E-state index in [4.69, 9.17) is 9.47 Å². The third kappa shape index (κ3) is 5.22. The smallest absolute Gasteiger partial charge is 0.430 e. The maximum absolute atomic E-state index is 14.5. The number of likely N-dealkylation sites (tertiary alicyclic amines) is 1. The van der Waals surface area contributed by atoms with Gasteiger partial charge in [-0.1, -0.05) is 59.9 Å². The van der Waals surface area contributed by atoms with E-state index in [1.807, 2.05) is 25.1 Å². The lowest BCUT2D eigenvalue weighted by atomic mass is 9.62. The van der Waals surface area contributed by atoms with Crippen LogP contribution in [0.2, 0.25) is 0 Å². The number of piperidine rings is 2. The van der Waals surface area contributed by atoms with Crippen molar-refractivity contribution in [3.8, 4) is 5.75 Å². The molecule has 2 saturated heterocycles. The van der Waals surface area contributed by atoms with Crippen LogP contribution in [-0.2, 0) is 21.7 Å². The second-order valence-corrected chi connectivity index (χ2v) is 11.7. The van der Waals surface area contributed by atoms with Gasteiger partial charge in [-0.3, -0.25) is 4.79 Å². The Balaban J connectivity index is 1.37. The highest BCUT2D eigenvalue weighted by Gasteiger charge is 2.64. The minimum absolute atomic E-state index is 0.0785. The molecule has 1 spiro atoms. The number of halogens is 3. The predicted octanol–water partition coefficient (Wildman–Crippen LogP) is 5.22. The van der Waals surface area contributed by atoms with Gasteiger partial charge in [-0.15, -0.1) is 10.2 Å². The molecular weight excluding hydrogens is 541 g/mol. The number of methoxy groups -OCH3 is 1. The molecule has 2 atom stereocenters. The van der Waals surface area contributed by atoms with Gasteiger partial charge in [0.2, 0.25) is 0 Å². The number of benzene rings is 2. The molecule has 0 saturated carbocycles. The number of carbonyl (C=O) groups excluding carboxylic acids is 1. The number of para-hydroxylation sites is 1. The van der Waals surface area contributed by atoms with Crippen LogP contribution >= 0.6 is 11.3 Å². The lowest BCUT2D eigenvalue weighted by Gasteiger charge is -2.51. The fraction of sp³-hybridized carbons (Fsp3) is 0.483. The Morgan fingerprint density at radius 2 is 1.77 bits per heavy atom. The van der Waals surface area contributed by atoms with Gasteiger partial charge < -0.3 is 19.7 Å². The van der Waals surface area contributed by atoms with Gasteiger partial charge in [0, 0.05) is 38.2 Å². The number of hydrogen-bond acceptors (Lipinski definition) is 7. The van der Waals surface area contributed by atoms with Crippen molar-refractivity contribution < 1.29 is 27.4 Å². The highest BCUT2D eigenvalue weighted by Crippen LogP contribution is 2.51. The summed E-state index contributed by atoms with van der Waals surface area (Å²) < 4.78 is 54.9. The Kier molecular flexibility index (Phi) is 8.17. The number of alkyl halides is 3. The predicted molar refractivity (Wildman–Crippen MR) is 145 cm³/mol. The topological polar surface area (TPSA) is 76.6 Å². The van der Waals surface area contributed by atoms with Crippen LogP contribution in [0.15, 0.2) is 54.6 Å². The van der Waals surface area contributed by atoms with Gasteiger partial charge in [0.25, 0.3) is 11.5 Å². The zero-order valence-corrected chi connectivity index (χ0v) is 23.4. The maximum atomic E-state index is 14.5. The standard InChI is InChI=1S/C29H33F3N4O3S/c1-20-34-35-25(40-20)19-39-24-11-7-6-10-22(24)23-18-33-15-12-27(23)13-16-36(17-14-27)26(37)28(38-2,29(30,31)32)21-8-4-3-5-9-21/h3-11,23,33H,12-19H2,1-2H3/t23?,28-/m1/s1. The van der Waals surface area contributed by atoms with E-state index >= 15 is 0 Å². The summed E-state index contributed by atoms with van der Waals surface area (Å²) in [6, 6.07) is 15.1. The number of carbonyl (C=O) groups is 1. The summed E-state index contributed by atoms with van der Waals surface area (Å²) in [6.07, 6.45) is -2.89. The molecule has 3 aromatic rings. The lowest BCUT2D eigenvalue weighted by molar-refractivity contribution is -0.271.